The van der Waals surface area contributed by atoms with Gasteiger partial charge in [0.15, 0.2) is 0 Å². The van der Waals surface area contributed by atoms with Gasteiger partial charge in [-0.05, 0) is 43.4 Å². The first kappa shape index (κ1) is 10.4. The van der Waals surface area contributed by atoms with Gasteiger partial charge in [0, 0.05) is 12.3 Å². The average Bonchev–Trinajstić information content (AvgIpc) is 2.23. The highest BCUT2D eigenvalue weighted by Gasteiger charge is 2.23. The summed E-state index contributed by atoms with van der Waals surface area (Å²) in [6.45, 7) is 4.23. The molecule has 1 unspecified atom stereocenters. The van der Waals surface area contributed by atoms with Gasteiger partial charge < -0.3 is 0 Å². The normalized spacial score (nSPS) is 21.7. The molecule has 0 amide bonds. The van der Waals surface area contributed by atoms with Crippen LogP contribution in [0, 0.1) is 13.8 Å². The first-order valence-electron chi connectivity index (χ1n) is 5.78. The minimum atomic E-state index is 0.179. The number of ketones is 1. The predicted octanol–water partition coefficient (Wildman–Crippen LogP) is 3.53. The van der Waals surface area contributed by atoms with Gasteiger partial charge in [0.2, 0.25) is 0 Å². The molecule has 1 aliphatic carbocycles. The molecule has 1 heteroatoms. The fraction of sp³-hybridized carbons (Fsp3) is 0.500. The molecule has 15 heavy (non-hydrogen) atoms. The highest BCUT2D eigenvalue weighted by atomic mass is 16.1. The number of Topliss-reactive ketones (excluding diaryl/α,β-unsaturated/α-hetero) is 1. The molecule has 0 heterocycles. The van der Waals surface area contributed by atoms with Crippen LogP contribution in [-0.2, 0) is 4.79 Å². The van der Waals surface area contributed by atoms with Crippen LogP contribution in [0.4, 0.5) is 0 Å². The van der Waals surface area contributed by atoms with E-state index in [1.807, 2.05) is 0 Å². The first-order valence-corrected chi connectivity index (χ1v) is 5.78. The van der Waals surface area contributed by atoms with Crippen LogP contribution in [0.5, 0.6) is 0 Å². The molecule has 1 saturated carbocycles. The van der Waals surface area contributed by atoms with Crippen LogP contribution in [0.3, 0.4) is 0 Å². The number of carbonyl (C=O) groups is 1. The van der Waals surface area contributed by atoms with Crippen molar-refractivity contribution in [2.75, 3.05) is 0 Å². The van der Waals surface area contributed by atoms with Crippen LogP contribution < -0.4 is 0 Å². The van der Waals surface area contributed by atoms with E-state index in [4.69, 9.17) is 0 Å². The van der Waals surface area contributed by atoms with Crippen molar-refractivity contribution >= 4 is 5.78 Å². The molecule has 1 aliphatic rings. The Bertz CT molecular complexity index is 379. The zero-order valence-electron chi connectivity index (χ0n) is 9.55. The molecule has 0 aliphatic heterocycles. The van der Waals surface area contributed by atoms with Crippen molar-refractivity contribution in [3.63, 3.8) is 0 Å². The lowest BCUT2D eigenvalue weighted by Gasteiger charge is -2.21. The highest BCUT2D eigenvalue weighted by Crippen LogP contribution is 2.30. The van der Waals surface area contributed by atoms with Crippen molar-refractivity contribution < 1.29 is 4.79 Å². The number of rotatable bonds is 1. The largest absolute Gasteiger partial charge is 0.299 e. The van der Waals surface area contributed by atoms with E-state index < -0.39 is 0 Å². The van der Waals surface area contributed by atoms with E-state index in [0.29, 0.717) is 5.78 Å². The van der Waals surface area contributed by atoms with Crippen LogP contribution in [0.25, 0.3) is 0 Å². The van der Waals surface area contributed by atoms with Gasteiger partial charge in [-0.1, -0.05) is 24.6 Å². The molecule has 1 fully saturated rings. The Morgan fingerprint density at radius 2 is 1.93 bits per heavy atom. The highest BCUT2D eigenvalue weighted by molar-refractivity contribution is 5.86. The lowest BCUT2D eigenvalue weighted by Crippen LogP contribution is -2.17. The Morgan fingerprint density at radius 3 is 2.60 bits per heavy atom. The van der Waals surface area contributed by atoms with E-state index in [0.717, 1.165) is 19.3 Å². The van der Waals surface area contributed by atoms with Gasteiger partial charge in [-0.2, -0.15) is 0 Å². The summed E-state index contributed by atoms with van der Waals surface area (Å²) in [4.78, 5) is 11.8. The number of carbonyl (C=O) groups excluding carboxylic acids is 1. The second-order valence-corrected chi connectivity index (χ2v) is 4.61. The van der Waals surface area contributed by atoms with Crippen molar-refractivity contribution in [3.05, 3.63) is 34.9 Å². The number of aryl methyl sites for hydroxylation is 2. The van der Waals surface area contributed by atoms with Crippen LogP contribution in [0.1, 0.15) is 48.3 Å². The zero-order chi connectivity index (χ0) is 10.8. The SMILES string of the molecule is Cc1ccc(C2CCCCC2=O)cc1C. The van der Waals surface area contributed by atoms with Gasteiger partial charge in [-0.15, -0.1) is 0 Å². The van der Waals surface area contributed by atoms with Gasteiger partial charge in [0.25, 0.3) is 0 Å². The molecule has 1 atom stereocenters. The third-order valence-corrected chi connectivity index (χ3v) is 3.49. The average molecular weight is 202 g/mol. The number of hydrogen-bond donors (Lipinski definition) is 0. The van der Waals surface area contributed by atoms with Crippen LogP contribution >= 0.6 is 0 Å². The molecule has 2 rings (SSSR count). The van der Waals surface area contributed by atoms with Crippen molar-refractivity contribution in [1.82, 2.24) is 0 Å². The van der Waals surface area contributed by atoms with Gasteiger partial charge in [0.1, 0.15) is 5.78 Å². The van der Waals surface area contributed by atoms with Crippen LogP contribution in [-0.4, -0.2) is 5.78 Å². The molecule has 0 N–H and O–H groups in total. The topological polar surface area (TPSA) is 17.1 Å². The van der Waals surface area contributed by atoms with Gasteiger partial charge in [-0.3, -0.25) is 4.79 Å². The number of benzene rings is 1. The minimum Gasteiger partial charge on any atom is -0.299 e. The van der Waals surface area contributed by atoms with E-state index in [-0.39, 0.29) is 5.92 Å². The molecule has 1 aromatic carbocycles. The van der Waals surface area contributed by atoms with E-state index in [2.05, 4.69) is 32.0 Å². The second-order valence-electron chi connectivity index (χ2n) is 4.61. The molecular formula is C14H18O. The van der Waals surface area contributed by atoms with E-state index in [9.17, 15) is 4.79 Å². The lowest BCUT2D eigenvalue weighted by atomic mass is 9.82. The van der Waals surface area contributed by atoms with Crippen LogP contribution in [0.15, 0.2) is 18.2 Å². The van der Waals surface area contributed by atoms with Crippen molar-refractivity contribution in [1.29, 1.82) is 0 Å². The van der Waals surface area contributed by atoms with Crippen molar-refractivity contribution in [2.24, 2.45) is 0 Å². The third-order valence-electron chi connectivity index (χ3n) is 3.49. The Labute approximate surface area is 91.5 Å². The third kappa shape index (κ3) is 2.11. The monoisotopic (exact) mass is 202 g/mol. The Balaban J connectivity index is 2.28. The first-order chi connectivity index (χ1) is 7.18. The summed E-state index contributed by atoms with van der Waals surface area (Å²) in [7, 11) is 0. The molecule has 0 saturated heterocycles. The van der Waals surface area contributed by atoms with Gasteiger partial charge >= 0.3 is 0 Å². The molecule has 0 aromatic heterocycles. The molecule has 0 bridgehead atoms. The second kappa shape index (κ2) is 4.18. The van der Waals surface area contributed by atoms with E-state index in [1.54, 1.807) is 0 Å². The maximum absolute atomic E-state index is 11.8. The minimum absolute atomic E-state index is 0.179. The van der Waals surface area contributed by atoms with Gasteiger partial charge in [0.05, 0.1) is 0 Å². The Morgan fingerprint density at radius 1 is 1.13 bits per heavy atom. The maximum atomic E-state index is 11.8. The summed E-state index contributed by atoms with van der Waals surface area (Å²) >= 11 is 0. The summed E-state index contributed by atoms with van der Waals surface area (Å²) in [6.07, 6.45) is 4.10. The summed E-state index contributed by atoms with van der Waals surface area (Å²) in [6, 6.07) is 6.44. The quantitative estimate of drug-likeness (QED) is 0.681. The summed E-state index contributed by atoms with van der Waals surface area (Å²) < 4.78 is 0. The molecular weight excluding hydrogens is 184 g/mol. The van der Waals surface area contributed by atoms with Gasteiger partial charge in [-0.25, -0.2) is 0 Å². The zero-order valence-corrected chi connectivity index (χ0v) is 9.55. The van der Waals surface area contributed by atoms with Crippen molar-refractivity contribution in [3.8, 4) is 0 Å². The fourth-order valence-corrected chi connectivity index (χ4v) is 2.32. The summed E-state index contributed by atoms with van der Waals surface area (Å²) in [5, 5.41) is 0. The molecule has 80 valence electrons. The van der Waals surface area contributed by atoms with Crippen molar-refractivity contribution in [2.45, 2.75) is 45.4 Å². The Hall–Kier alpha value is -1.11. The molecule has 0 spiro atoms. The van der Waals surface area contributed by atoms with Crippen LogP contribution in [0.2, 0.25) is 0 Å². The molecule has 1 nitrogen and oxygen atoms in total. The summed E-state index contributed by atoms with van der Waals surface area (Å²) in [5.41, 5.74) is 3.83. The lowest BCUT2D eigenvalue weighted by molar-refractivity contribution is -0.121. The standard InChI is InChI=1S/C14H18O/c1-10-7-8-12(9-11(10)2)13-5-3-4-6-14(13)15/h7-9,13H,3-6H2,1-2H3. The fourth-order valence-electron chi connectivity index (χ4n) is 2.32. The summed E-state index contributed by atoms with van der Waals surface area (Å²) in [5.74, 6) is 0.613. The number of hydrogen-bond acceptors (Lipinski definition) is 1. The predicted molar refractivity (Wildman–Crippen MR) is 62.1 cm³/mol. The van der Waals surface area contributed by atoms with E-state index in [1.165, 1.54) is 23.1 Å². The van der Waals surface area contributed by atoms with E-state index >= 15 is 0 Å². The smallest absolute Gasteiger partial charge is 0.140 e. The molecule has 0 radical (unpaired) electrons. The molecule has 1 aromatic rings. The Kier molecular flexibility index (Phi) is 2.90. The maximum Gasteiger partial charge on any atom is 0.140 e.